The standard InChI is InChI=1S/C12H8N2O5/c15-12(16)8-2-1-3-10(6-8)19-11-5-4-9(7-13-11)14(17)18/h1-7H,(H,15,16). The van der Waals surface area contributed by atoms with E-state index in [-0.39, 0.29) is 17.1 Å². The number of hydrogen-bond acceptors (Lipinski definition) is 5. The summed E-state index contributed by atoms with van der Waals surface area (Å²) in [6.45, 7) is 0. The summed E-state index contributed by atoms with van der Waals surface area (Å²) in [5.41, 5.74) is -0.0638. The van der Waals surface area contributed by atoms with Crippen molar-refractivity contribution in [2.75, 3.05) is 0 Å². The first-order valence-electron chi connectivity index (χ1n) is 5.18. The molecular formula is C12H8N2O5. The lowest BCUT2D eigenvalue weighted by Crippen LogP contribution is -1.96. The Morgan fingerprint density at radius 3 is 2.68 bits per heavy atom. The van der Waals surface area contributed by atoms with Crippen molar-refractivity contribution in [1.82, 2.24) is 4.98 Å². The van der Waals surface area contributed by atoms with Gasteiger partial charge >= 0.3 is 5.97 Å². The lowest BCUT2D eigenvalue weighted by Gasteiger charge is -2.04. The molecule has 0 fully saturated rings. The summed E-state index contributed by atoms with van der Waals surface area (Å²) in [5.74, 6) is -0.628. The van der Waals surface area contributed by atoms with Crippen LogP contribution in [0.2, 0.25) is 0 Å². The minimum atomic E-state index is -1.07. The topological polar surface area (TPSA) is 103 Å². The van der Waals surface area contributed by atoms with E-state index in [2.05, 4.69) is 4.98 Å². The molecule has 0 bridgehead atoms. The van der Waals surface area contributed by atoms with E-state index in [1.54, 1.807) is 6.07 Å². The number of pyridine rings is 1. The molecule has 0 amide bonds. The number of aromatic carboxylic acids is 1. The number of carboxylic acid groups (broad SMARTS) is 1. The average molecular weight is 260 g/mol. The molecule has 19 heavy (non-hydrogen) atoms. The van der Waals surface area contributed by atoms with Gasteiger partial charge in [0, 0.05) is 12.1 Å². The van der Waals surface area contributed by atoms with Gasteiger partial charge in [0.2, 0.25) is 5.88 Å². The van der Waals surface area contributed by atoms with E-state index in [1.165, 1.54) is 30.3 Å². The predicted octanol–water partition coefficient (Wildman–Crippen LogP) is 2.48. The van der Waals surface area contributed by atoms with E-state index < -0.39 is 10.9 Å². The van der Waals surface area contributed by atoms with Crippen molar-refractivity contribution in [2.45, 2.75) is 0 Å². The van der Waals surface area contributed by atoms with Crippen molar-refractivity contribution >= 4 is 11.7 Å². The Hall–Kier alpha value is -2.96. The van der Waals surface area contributed by atoms with Crippen molar-refractivity contribution in [3.8, 4) is 11.6 Å². The minimum absolute atomic E-state index is 0.0828. The molecular weight excluding hydrogens is 252 g/mol. The fourth-order valence-corrected chi connectivity index (χ4v) is 1.35. The van der Waals surface area contributed by atoms with Crippen molar-refractivity contribution in [1.29, 1.82) is 0 Å². The van der Waals surface area contributed by atoms with Gasteiger partial charge in [-0.2, -0.15) is 0 Å². The Morgan fingerprint density at radius 1 is 1.32 bits per heavy atom. The Morgan fingerprint density at radius 2 is 2.11 bits per heavy atom. The van der Waals surface area contributed by atoms with Crippen molar-refractivity contribution in [2.24, 2.45) is 0 Å². The van der Waals surface area contributed by atoms with E-state index in [0.29, 0.717) is 5.75 Å². The number of aromatic nitrogens is 1. The molecule has 96 valence electrons. The first kappa shape index (κ1) is 12.5. The lowest BCUT2D eigenvalue weighted by molar-refractivity contribution is -0.385. The maximum Gasteiger partial charge on any atom is 0.335 e. The van der Waals surface area contributed by atoms with E-state index in [0.717, 1.165) is 6.20 Å². The zero-order valence-electron chi connectivity index (χ0n) is 9.52. The number of nitro groups is 1. The minimum Gasteiger partial charge on any atom is -0.478 e. The van der Waals surface area contributed by atoms with Crippen LogP contribution in [0.15, 0.2) is 42.6 Å². The second-order valence-corrected chi connectivity index (χ2v) is 3.55. The molecule has 2 rings (SSSR count). The van der Waals surface area contributed by atoms with Gasteiger partial charge in [0.25, 0.3) is 5.69 Å². The van der Waals surface area contributed by atoms with Crippen LogP contribution in [0.25, 0.3) is 0 Å². The van der Waals surface area contributed by atoms with Crippen molar-refractivity contribution in [3.63, 3.8) is 0 Å². The van der Waals surface area contributed by atoms with Crippen LogP contribution in [-0.2, 0) is 0 Å². The Balaban J connectivity index is 2.19. The monoisotopic (exact) mass is 260 g/mol. The molecule has 0 aliphatic rings. The lowest BCUT2D eigenvalue weighted by atomic mass is 10.2. The van der Waals surface area contributed by atoms with Crippen LogP contribution in [0.4, 0.5) is 5.69 Å². The van der Waals surface area contributed by atoms with E-state index in [1.807, 2.05) is 0 Å². The van der Waals surface area contributed by atoms with Crippen LogP contribution < -0.4 is 4.74 Å². The predicted molar refractivity (Wildman–Crippen MR) is 64.4 cm³/mol. The molecule has 0 atom stereocenters. The van der Waals surface area contributed by atoms with Crippen LogP contribution in [0, 0.1) is 10.1 Å². The third-order valence-corrected chi connectivity index (χ3v) is 2.23. The second-order valence-electron chi connectivity index (χ2n) is 3.55. The zero-order valence-corrected chi connectivity index (χ0v) is 9.52. The molecule has 0 saturated carbocycles. The number of hydrogen-bond donors (Lipinski definition) is 1. The highest BCUT2D eigenvalue weighted by atomic mass is 16.6. The molecule has 1 N–H and O–H groups in total. The smallest absolute Gasteiger partial charge is 0.335 e. The number of nitrogens with zero attached hydrogens (tertiary/aromatic N) is 2. The highest BCUT2D eigenvalue weighted by Gasteiger charge is 2.08. The van der Waals surface area contributed by atoms with Gasteiger partial charge in [0.05, 0.1) is 10.5 Å². The zero-order chi connectivity index (χ0) is 13.8. The molecule has 1 heterocycles. The number of benzene rings is 1. The SMILES string of the molecule is O=C(O)c1cccc(Oc2ccc([N+](=O)[O-])cn2)c1. The molecule has 1 aromatic carbocycles. The van der Waals surface area contributed by atoms with Gasteiger partial charge in [-0.05, 0) is 18.2 Å². The normalized spacial score (nSPS) is 9.89. The molecule has 7 heteroatoms. The maximum absolute atomic E-state index is 10.8. The fourth-order valence-electron chi connectivity index (χ4n) is 1.35. The first-order valence-corrected chi connectivity index (χ1v) is 5.18. The summed E-state index contributed by atoms with van der Waals surface area (Å²) in [7, 11) is 0. The number of carbonyl (C=O) groups is 1. The number of rotatable bonds is 4. The summed E-state index contributed by atoms with van der Waals surface area (Å²) in [6, 6.07) is 8.46. The van der Waals surface area contributed by atoms with Gasteiger partial charge < -0.3 is 9.84 Å². The van der Waals surface area contributed by atoms with Gasteiger partial charge in [-0.15, -0.1) is 0 Å². The van der Waals surface area contributed by atoms with Gasteiger partial charge in [0.15, 0.2) is 0 Å². The van der Waals surface area contributed by atoms with Crippen LogP contribution in [-0.4, -0.2) is 21.0 Å². The summed E-state index contributed by atoms with van der Waals surface area (Å²) in [4.78, 5) is 24.4. The van der Waals surface area contributed by atoms with E-state index in [4.69, 9.17) is 9.84 Å². The molecule has 1 aromatic heterocycles. The van der Waals surface area contributed by atoms with Crippen LogP contribution in [0.1, 0.15) is 10.4 Å². The van der Waals surface area contributed by atoms with Crippen molar-refractivity contribution in [3.05, 3.63) is 58.3 Å². The average Bonchev–Trinajstić information content (AvgIpc) is 2.39. The molecule has 0 spiro atoms. The molecule has 0 aliphatic heterocycles. The number of carboxylic acids is 1. The van der Waals surface area contributed by atoms with Gasteiger partial charge in [-0.25, -0.2) is 9.78 Å². The molecule has 2 aromatic rings. The fraction of sp³-hybridized carbons (Fsp3) is 0. The highest BCUT2D eigenvalue weighted by Crippen LogP contribution is 2.22. The Bertz CT molecular complexity index is 624. The Labute approximate surface area is 107 Å². The summed E-state index contributed by atoms with van der Waals surface area (Å²) < 4.78 is 5.31. The van der Waals surface area contributed by atoms with E-state index in [9.17, 15) is 14.9 Å². The maximum atomic E-state index is 10.8. The van der Waals surface area contributed by atoms with Gasteiger partial charge in [-0.3, -0.25) is 10.1 Å². The quantitative estimate of drug-likeness (QED) is 0.669. The summed E-state index contributed by atoms with van der Waals surface area (Å²) >= 11 is 0. The van der Waals surface area contributed by atoms with Crippen LogP contribution in [0.3, 0.4) is 0 Å². The summed E-state index contributed by atoms with van der Waals surface area (Å²) in [6.07, 6.45) is 1.07. The number of ether oxygens (including phenoxy) is 1. The van der Waals surface area contributed by atoms with Gasteiger partial charge in [0.1, 0.15) is 11.9 Å². The molecule has 0 saturated heterocycles. The van der Waals surface area contributed by atoms with E-state index >= 15 is 0 Å². The molecule has 0 unspecified atom stereocenters. The second kappa shape index (κ2) is 5.13. The Kier molecular flexibility index (Phi) is 3.37. The largest absolute Gasteiger partial charge is 0.478 e. The third-order valence-electron chi connectivity index (χ3n) is 2.23. The summed E-state index contributed by atoms with van der Waals surface area (Å²) in [5, 5.41) is 19.3. The third kappa shape index (κ3) is 3.03. The molecule has 0 aliphatic carbocycles. The van der Waals surface area contributed by atoms with Gasteiger partial charge in [-0.1, -0.05) is 6.07 Å². The first-order chi connectivity index (χ1) is 9.06. The van der Waals surface area contributed by atoms with Crippen LogP contribution >= 0.6 is 0 Å². The molecule has 0 radical (unpaired) electrons. The molecule has 7 nitrogen and oxygen atoms in total. The van der Waals surface area contributed by atoms with Crippen molar-refractivity contribution < 1.29 is 19.6 Å². The highest BCUT2D eigenvalue weighted by molar-refractivity contribution is 5.88. The van der Waals surface area contributed by atoms with Crippen LogP contribution in [0.5, 0.6) is 11.6 Å².